The summed E-state index contributed by atoms with van der Waals surface area (Å²) >= 11 is 0. The van der Waals surface area contributed by atoms with E-state index in [0.29, 0.717) is 36.7 Å². The first-order valence-electron chi connectivity index (χ1n) is 6.37. The van der Waals surface area contributed by atoms with Crippen LogP contribution in [0.15, 0.2) is 18.2 Å². The van der Waals surface area contributed by atoms with Gasteiger partial charge in [-0.25, -0.2) is 4.39 Å². The van der Waals surface area contributed by atoms with Crippen LogP contribution in [0.1, 0.15) is 30.4 Å². The van der Waals surface area contributed by atoms with E-state index in [1.54, 1.807) is 0 Å². The van der Waals surface area contributed by atoms with Crippen molar-refractivity contribution < 1.29 is 9.18 Å². The molecule has 0 unspecified atom stereocenters. The van der Waals surface area contributed by atoms with Crippen LogP contribution in [-0.4, -0.2) is 18.5 Å². The van der Waals surface area contributed by atoms with Crippen LogP contribution >= 0.6 is 0 Å². The Balaban J connectivity index is 1.74. The van der Waals surface area contributed by atoms with Gasteiger partial charge >= 0.3 is 0 Å². The Labute approximate surface area is 111 Å². The topological polar surface area (TPSA) is 64.9 Å². The van der Waals surface area contributed by atoms with Gasteiger partial charge in [-0.3, -0.25) is 4.79 Å². The lowest BCUT2D eigenvalue weighted by Gasteiger charge is -2.07. The lowest BCUT2D eigenvalue weighted by atomic mass is 10.1. The van der Waals surface area contributed by atoms with Gasteiger partial charge in [0.15, 0.2) is 0 Å². The van der Waals surface area contributed by atoms with Gasteiger partial charge in [0, 0.05) is 25.6 Å². The van der Waals surface area contributed by atoms with Gasteiger partial charge in [0.25, 0.3) is 0 Å². The fraction of sp³-hybridized carbons (Fsp3) is 0.429. The second-order valence-corrected chi connectivity index (χ2v) is 4.68. The average molecular weight is 261 g/mol. The molecule has 0 heterocycles. The zero-order chi connectivity index (χ0) is 13.7. The van der Waals surface area contributed by atoms with Crippen LogP contribution in [0.4, 0.5) is 4.39 Å². The monoisotopic (exact) mass is 261 g/mol. The molecule has 0 aliphatic heterocycles. The number of carbonyl (C=O) groups is 1. The second-order valence-electron chi connectivity index (χ2n) is 4.68. The summed E-state index contributed by atoms with van der Waals surface area (Å²) in [7, 11) is 0. The number of carbonyl (C=O) groups excluding carboxylic acids is 1. The van der Waals surface area contributed by atoms with E-state index in [2.05, 4.69) is 10.6 Å². The molecule has 100 valence electrons. The predicted octanol–water partition coefficient (Wildman–Crippen LogP) is 1.46. The van der Waals surface area contributed by atoms with Crippen LogP contribution < -0.4 is 10.6 Å². The Hall–Kier alpha value is -1.93. The van der Waals surface area contributed by atoms with Gasteiger partial charge in [0.2, 0.25) is 5.91 Å². The van der Waals surface area contributed by atoms with Crippen molar-refractivity contribution >= 4 is 5.91 Å². The van der Waals surface area contributed by atoms with E-state index in [1.165, 1.54) is 18.2 Å². The minimum Gasteiger partial charge on any atom is -0.353 e. The molecule has 0 saturated heterocycles. The first-order valence-corrected chi connectivity index (χ1v) is 6.37. The molecule has 0 atom stereocenters. The number of nitrogens with zero attached hydrogens (tertiary/aromatic N) is 1. The Kier molecular flexibility index (Phi) is 4.48. The number of nitriles is 1. The van der Waals surface area contributed by atoms with E-state index >= 15 is 0 Å². The Morgan fingerprint density at radius 3 is 2.95 bits per heavy atom. The zero-order valence-corrected chi connectivity index (χ0v) is 10.6. The molecule has 0 bridgehead atoms. The van der Waals surface area contributed by atoms with Crippen molar-refractivity contribution in [3.05, 3.63) is 35.1 Å². The summed E-state index contributed by atoms with van der Waals surface area (Å²) in [5.74, 6) is -0.322. The van der Waals surface area contributed by atoms with Crippen molar-refractivity contribution in [2.24, 2.45) is 0 Å². The molecule has 0 spiro atoms. The first-order chi connectivity index (χ1) is 9.19. The maximum Gasteiger partial charge on any atom is 0.221 e. The number of nitrogens with one attached hydrogen (secondary N) is 2. The van der Waals surface area contributed by atoms with Gasteiger partial charge in [0.1, 0.15) is 5.82 Å². The van der Waals surface area contributed by atoms with Crippen molar-refractivity contribution in [1.29, 1.82) is 5.26 Å². The van der Waals surface area contributed by atoms with Crippen molar-refractivity contribution in [3.63, 3.8) is 0 Å². The summed E-state index contributed by atoms with van der Waals surface area (Å²) in [5, 5.41) is 14.8. The van der Waals surface area contributed by atoms with Crippen LogP contribution in [0, 0.1) is 17.1 Å². The van der Waals surface area contributed by atoms with Gasteiger partial charge in [-0.2, -0.15) is 5.26 Å². The fourth-order valence-corrected chi connectivity index (χ4v) is 1.77. The van der Waals surface area contributed by atoms with Crippen molar-refractivity contribution in [2.45, 2.75) is 31.8 Å². The first kappa shape index (κ1) is 13.5. The van der Waals surface area contributed by atoms with Gasteiger partial charge in [-0.15, -0.1) is 0 Å². The number of rotatable bonds is 6. The molecule has 0 aromatic heterocycles. The number of halogens is 1. The summed E-state index contributed by atoms with van der Waals surface area (Å²) < 4.78 is 13.1. The van der Waals surface area contributed by atoms with Crippen molar-refractivity contribution in [1.82, 2.24) is 10.6 Å². The molecule has 19 heavy (non-hydrogen) atoms. The molecular weight excluding hydrogens is 245 g/mol. The van der Waals surface area contributed by atoms with Gasteiger partial charge < -0.3 is 10.6 Å². The molecule has 1 aromatic carbocycles. The SMILES string of the molecule is N#Cc1ccc(F)cc1CNCCC(=O)NC1CC1. The normalized spacial score (nSPS) is 13.9. The largest absolute Gasteiger partial charge is 0.353 e. The van der Waals surface area contributed by atoms with E-state index in [4.69, 9.17) is 5.26 Å². The van der Waals surface area contributed by atoms with E-state index in [1.807, 2.05) is 6.07 Å². The lowest BCUT2D eigenvalue weighted by Crippen LogP contribution is -2.29. The van der Waals surface area contributed by atoms with E-state index < -0.39 is 0 Å². The third-order valence-corrected chi connectivity index (χ3v) is 2.97. The zero-order valence-electron chi connectivity index (χ0n) is 10.6. The molecule has 5 heteroatoms. The highest BCUT2D eigenvalue weighted by Gasteiger charge is 2.22. The summed E-state index contributed by atoms with van der Waals surface area (Å²) in [4.78, 5) is 11.4. The number of hydrogen-bond acceptors (Lipinski definition) is 3. The molecule has 1 aliphatic rings. The second kappa shape index (κ2) is 6.30. The summed E-state index contributed by atoms with van der Waals surface area (Å²) in [6.07, 6.45) is 2.55. The lowest BCUT2D eigenvalue weighted by molar-refractivity contribution is -0.121. The molecule has 2 rings (SSSR count). The molecule has 1 amide bonds. The average Bonchev–Trinajstić information content (AvgIpc) is 3.19. The molecule has 4 nitrogen and oxygen atoms in total. The summed E-state index contributed by atoms with van der Waals surface area (Å²) in [6.45, 7) is 0.900. The van der Waals surface area contributed by atoms with Crippen LogP contribution in [0.2, 0.25) is 0 Å². The van der Waals surface area contributed by atoms with Gasteiger partial charge in [-0.1, -0.05) is 0 Å². The van der Waals surface area contributed by atoms with E-state index in [0.717, 1.165) is 12.8 Å². The number of amides is 1. The summed E-state index contributed by atoms with van der Waals surface area (Å²) in [5.41, 5.74) is 1.07. The Bertz CT molecular complexity index is 506. The van der Waals surface area contributed by atoms with Crippen LogP contribution in [0.5, 0.6) is 0 Å². The maximum absolute atomic E-state index is 13.1. The highest BCUT2D eigenvalue weighted by Crippen LogP contribution is 2.18. The smallest absolute Gasteiger partial charge is 0.221 e. The third-order valence-electron chi connectivity index (χ3n) is 2.97. The Morgan fingerprint density at radius 2 is 2.26 bits per heavy atom. The third kappa shape index (κ3) is 4.34. The van der Waals surface area contributed by atoms with Crippen LogP contribution in [-0.2, 0) is 11.3 Å². The standard InChI is InChI=1S/C14H16FN3O/c15-12-2-1-10(8-16)11(7-12)9-17-6-5-14(19)18-13-3-4-13/h1-2,7,13,17H,3-6,9H2,(H,18,19). The van der Waals surface area contributed by atoms with E-state index in [9.17, 15) is 9.18 Å². The summed E-state index contributed by atoms with van der Waals surface area (Å²) in [6, 6.07) is 6.47. The molecule has 2 N–H and O–H groups in total. The number of benzene rings is 1. The number of hydrogen-bond donors (Lipinski definition) is 2. The van der Waals surface area contributed by atoms with Crippen molar-refractivity contribution in [2.75, 3.05) is 6.54 Å². The fourth-order valence-electron chi connectivity index (χ4n) is 1.77. The molecule has 1 saturated carbocycles. The van der Waals surface area contributed by atoms with Crippen LogP contribution in [0.25, 0.3) is 0 Å². The molecule has 0 radical (unpaired) electrons. The predicted molar refractivity (Wildman–Crippen MR) is 68.6 cm³/mol. The Morgan fingerprint density at radius 1 is 1.47 bits per heavy atom. The van der Waals surface area contributed by atoms with E-state index in [-0.39, 0.29) is 11.7 Å². The molecule has 1 aliphatic carbocycles. The maximum atomic E-state index is 13.1. The van der Waals surface area contributed by atoms with Crippen LogP contribution in [0.3, 0.4) is 0 Å². The highest BCUT2D eigenvalue weighted by atomic mass is 19.1. The quantitative estimate of drug-likeness (QED) is 0.762. The van der Waals surface area contributed by atoms with Crippen molar-refractivity contribution in [3.8, 4) is 6.07 Å². The minimum atomic E-state index is -0.359. The highest BCUT2D eigenvalue weighted by molar-refractivity contribution is 5.76. The molecule has 1 fully saturated rings. The van der Waals surface area contributed by atoms with Gasteiger partial charge in [0.05, 0.1) is 11.6 Å². The molecule has 1 aromatic rings. The molecular formula is C14H16FN3O. The van der Waals surface area contributed by atoms with Gasteiger partial charge in [-0.05, 0) is 36.6 Å². The minimum absolute atomic E-state index is 0.0368.